The van der Waals surface area contributed by atoms with Crippen molar-refractivity contribution in [2.75, 3.05) is 31.1 Å². The van der Waals surface area contributed by atoms with Gasteiger partial charge in [0.05, 0.1) is 26.2 Å². The Morgan fingerprint density at radius 2 is 1.76 bits per heavy atom. The molecule has 2 aromatic heterocycles. The molecule has 8 heteroatoms. The zero-order chi connectivity index (χ0) is 19.8. The van der Waals surface area contributed by atoms with E-state index in [1.165, 1.54) is 39.2 Å². The second-order valence-corrected chi connectivity index (χ2v) is 8.22. The topological polar surface area (TPSA) is 58.1 Å². The number of benzene rings is 2. The minimum absolute atomic E-state index is 0.0140. The SMILES string of the molecule is Oc1c([C@@H](c2ccccc2)[NH+]2CCN(c3ccc(F)cc3)CC2)sc2ncnn12. The Bertz CT molecular complexity index is 1100. The van der Waals surface area contributed by atoms with Crippen LogP contribution in [-0.2, 0) is 0 Å². The second kappa shape index (κ2) is 7.46. The fourth-order valence-electron chi connectivity index (χ4n) is 4.09. The largest absolute Gasteiger partial charge is 0.492 e. The van der Waals surface area contributed by atoms with Crippen LogP contribution in [0.5, 0.6) is 5.88 Å². The Morgan fingerprint density at radius 1 is 1.03 bits per heavy atom. The monoisotopic (exact) mass is 410 g/mol. The highest BCUT2D eigenvalue weighted by Crippen LogP contribution is 2.34. The molecule has 1 saturated heterocycles. The highest BCUT2D eigenvalue weighted by atomic mass is 32.1. The molecule has 0 bridgehead atoms. The minimum atomic E-state index is -0.214. The summed E-state index contributed by atoms with van der Waals surface area (Å²) in [7, 11) is 0. The first-order chi connectivity index (χ1) is 14.2. The summed E-state index contributed by atoms with van der Waals surface area (Å²) in [6.07, 6.45) is 1.46. The van der Waals surface area contributed by atoms with E-state index in [0.717, 1.165) is 42.3 Å². The number of quaternary nitrogens is 1. The molecule has 0 amide bonds. The van der Waals surface area contributed by atoms with E-state index in [0.29, 0.717) is 4.96 Å². The molecule has 0 unspecified atom stereocenters. The molecule has 1 aliphatic heterocycles. The average Bonchev–Trinajstić information content (AvgIpc) is 3.34. The van der Waals surface area contributed by atoms with E-state index in [9.17, 15) is 9.50 Å². The van der Waals surface area contributed by atoms with Gasteiger partial charge in [-0.25, -0.2) is 9.37 Å². The van der Waals surface area contributed by atoms with Gasteiger partial charge >= 0.3 is 0 Å². The third-order valence-corrected chi connectivity index (χ3v) is 6.64. The van der Waals surface area contributed by atoms with Gasteiger partial charge in [-0.15, -0.1) is 0 Å². The number of anilines is 1. The van der Waals surface area contributed by atoms with Gasteiger partial charge in [-0.3, -0.25) is 0 Å². The van der Waals surface area contributed by atoms with Crippen LogP contribution in [0, 0.1) is 5.82 Å². The first-order valence-electron chi connectivity index (χ1n) is 9.62. The van der Waals surface area contributed by atoms with Crippen LogP contribution in [0.2, 0.25) is 0 Å². The Balaban J connectivity index is 1.44. The Labute approximate surface area is 171 Å². The Kier molecular flexibility index (Phi) is 4.65. The van der Waals surface area contributed by atoms with Gasteiger partial charge < -0.3 is 14.9 Å². The highest BCUT2D eigenvalue weighted by Gasteiger charge is 2.34. The fraction of sp³-hybridized carbons (Fsp3) is 0.238. The number of nitrogens with one attached hydrogen (secondary N) is 1. The number of hydrogen-bond donors (Lipinski definition) is 2. The normalized spacial score (nSPS) is 16.4. The number of rotatable bonds is 4. The molecule has 0 aliphatic carbocycles. The summed E-state index contributed by atoms with van der Waals surface area (Å²) >= 11 is 1.49. The van der Waals surface area contributed by atoms with Crippen LogP contribution in [0.15, 0.2) is 60.9 Å². The van der Waals surface area contributed by atoms with Gasteiger partial charge in [-0.05, 0) is 24.3 Å². The second-order valence-electron chi connectivity index (χ2n) is 7.21. The van der Waals surface area contributed by atoms with E-state index in [1.54, 1.807) is 0 Å². The number of thiazole rings is 1. The molecule has 148 valence electrons. The summed E-state index contributed by atoms with van der Waals surface area (Å²) in [5.41, 5.74) is 2.21. The van der Waals surface area contributed by atoms with Crippen molar-refractivity contribution in [2.24, 2.45) is 0 Å². The number of aromatic hydroxyl groups is 1. The average molecular weight is 410 g/mol. The molecule has 0 radical (unpaired) electrons. The van der Waals surface area contributed by atoms with E-state index in [1.807, 2.05) is 30.3 Å². The number of hydrogen-bond acceptors (Lipinski definition) is 5. The van der Waals surface area contributed by atoms with Gasteiger partial charge in [0.1, 0.15) is 17.0 Å². The van der Waals surface area contributed by atoms with Crippen molar-refractivity contribution >= 4 is 22.0 Å². The lowest BCUT2D eigenvalue weighted by molar-refractivity contribution is -0.925. The predicted octanol–water partition coefficient (Wildman–Crippen LogP) is 2.13. The molecule has 2 aromatic carbocycles. The van der Waals surface area contributed by atoms with Gasteiger partial charge in [0.2, 0.25) is 10.8 Å². The summed E-state index contributed by atoms with van der Waals surface area (Å²) in [6.45, 7) is 3.55. The van der Waals surface area contributed by atoms with Gasteiger partial charge in [0, 0.05) is 11.3 Å². The van der Waals surface area contributed by atoms with Crippen LogP contribution in [0.3, 0.4) is 0 Å². The van der Waals surface area contributed by atoms with E-state index < -0.39 is 0 Å². The quantitative estimate of drug-likeness (QED) is 0.541. The van der Waals surface area contributed by atoms with Crippen molar-refractivity contribution in [3.05, 3.63) is 77.2 Å². The van der Waals surface area contributed by atoms with E-state index in [2.05, 4.69) is 27.1 Å². The molecular formula is C21H21FN5OS+. The van der Waals surface area contributed by atoms with Gasteiger partial charge in [-0.1, -0.05) is 41.7 Å². The van der Waals surface area contributed by atoms with E-state index in [-0.39, 0.29) is 17.7 Å². The molecule has 1 atom stereocenters. The molecule has 4 aromatic rings. The van der Waals surface area contributed by atoms with Crippen molar-refractivity contribution in [3.63, 3.8) is 0 Å². The van der Waals surface area contributed by atoms with Crippen molar-refractivity contribution in [3.8, 4) is 5.88 Å². The molecule has 5 rings (SSSR count). The van der Waals surface area contributed by atoms with E-state index in [4.69, 9.17) is 0 Å². The van der Waals surface area contributed by atoms with Crippen LogP contribution in [-0.4, -0.2) is 45.9 Å². The molecule has 6 nitrogen and oxygen atoms in total. The summed E-state index contributed by atoms with van der Waals surface area (Å²) in [4.78, 5) is 9.49. The number of piperazine rings is 1. The predicted molar refractivity (Wildman–Crippen MR) is 110 cm³/mol. The summed E-state index contributed by atoms with van der Waals surface area (Å²) in [5.74, 6) is -0.0428. The zero-order valence-corrected chi connectivity index (χ0v) is 16.5. The van der Waals surface area contributed by atoms with Crippen molar-refractivity contribution in [2.45, 2.75) is 6.04 Å². The van der Waals surface area contributed by atoms with Crippen LogP contribution in [0.1, 0.15) is 16.5 Å². The maximum Gasteiger partial charge on any atom is 0.235 e. The first kappa shape index (κ1) is 18.1. The Hall–Kier alpha value is -2.97. The molecule has 1 aliphatic rings. The van der Waals surface area contributed by atoms with Crippen LogP contribution >= 0.6 is 11.3 Å². The molecule has 2 N–H and O–H groups in total. The van der Waals surface area contributed by atoms with Crippen LogP contribution in [0.25, 0.3) is 4.96 Å². The summed E-state index contributed by atoms with van der Waals surface area (Å²) < 4.78 is 14.7. The van der Waals surface area contributed by atoms with Gasteiger partial charge in [0.15, 0.2) is 6.04 Å². The van der Waals surface area contributed by atoms with E-state index >= 15 is 0 Å². The maximum atomic E-state index is 13.2. The lowest BCUT2D eigenvalue weighted by Gasteiger charge is -2.37. The van der Waals surface area contributed by atoms with Gasteiger partial charge in [0.25, 0.3) is 0 Å². The van der Waals surface area contributed by atoms with Gasteiger partial charge in [-0.2, -0.15) is 9.61 Å². The summed E-state index contributed by atoms with van der Waals surface area (Å²) in [6, 6.07) is 17.0. The van der Waals surface area contributed by atoms with Crippen LogP contribution < -0.4 is 9.80 Å². The molecule has 0 saturated carbocycles. The fourth-order valence-corrected chi connectivity index (χ4v) is 5.21. The number of aromatic nitrogens is 3. The Morgan fingerprint density at radius 3 is 2.45 bits per heavy atom. The van der Waals surface area contributed by atoms with Crippen molar-refractivity contribution in [1.82, 2.24) is 14.6 Å². The molecule has 3 heterocycles. The standard InChI is InChI=1S/C21H20FN5OS/c22-16-6-8-17(9-7-16)25-10-12-26(13-11-25)18(15-4-2-1-3-5-15)19-20(28)27-21(29-19)23-14-24-27/h1-9,14,18,28H,10-13H2/p+1/t18-/m1/s1. The molecular weight excluding hydrogens is 389 g/mol. The van der Waals surface area contributed by atoms with Crippen molar-refractivity contribution < 1.29 is 14.4 Å². The third-order valence-electron chi connectivity index (χ3n) is 5.54. The number of fused-ring (bicyclic) bond motifs is 1. The summed E-state index contributed by atoms with van der Waals surface area (Å²) in [5, 5.41) is 14.9. The third kappa shape index (κ3) is 3.34. The molecule has 0 spiro atoms. The lowest BCUT2D eigenvalue weighted by atomic mass is 10.0. The number of halogens is 1. The first-order valence-corrected chi connectivity index (χ1v) is 10.4. The smallest absolute Gasteiger partial charge is 0.235 e. The molecule has 1 fully saturated rings. The zero-order valence-electron chi connectivity index (χ0n) is 15.7. The van der Waals surface area contributed by atoms with Crippen LogP contribution in [0.4, 0.5) is 10.1 Å². The lowest BCUT2D eigenvalue weighted by Crippen LogP contribution is -3.15. The van der Waals surface area contributed by atoms with Crippen molar-refractivity contribution in [1.29, 1.82) is 0 Å². The maximum absolute atomic E-state index is 13.2. The minimum Gasteiger partial charge on any atom is -0.492 e. The highest BCUT2D eigenvalue weighted by molar-refractivity contribution is 7.17. The molecule has 29 heavy (non-hydrogen) atoms. The number of nitrogens with zero attached hydrogens (tertiary/aromatic N) is 4.